The molecule has 0 fully saturated rings. The molecule has 10 heteroatoms. The number of hydrogen-bond donors (Lipinski definition) is 1. The number of nitro benzene ring substituents is 1. The summed E-state index contributed by atoms with van der Waals surface area (Å²) in [6.07, 6.45) is 0. The van der Waals surface area contributed by atoms with Gasteiger partial charge in [-0.1, -0.05) is 17.7 Å². The van der Waals surface area contributed by atoms with Gasteiger partial charge in [-0.2, -0.15) is 0 Å². The molecule has 1 N–H and O–H groups in total. The highest BCUT2D eigenvalue weighted by molar-refractivity contribution is 7.14. The van der Waals surface area contributed by atoms with E-state index in [1.165, 1.54) is 23.5 Å². The van der Waals surface area contributed by atoms with Crippen LogP contribution in [-0.2, 0) is 10.2 Å². The van der Waals surface area contributed by atoms with E-state index in [2.05, 4.69) is 10.3 Å². The Bertz CT molecular complexity index is 1250. The molecule has 1 aromatic heterocycles. The molecule has 2 amide bonds. The zero-order valence-electron chi connectivity index (χ0n) is 16.8. The van der Waals surface area contributed by atoms with Crippen LogP contribution in [0, 0.1) is 10.1 Å². The quantitative estimate of drug-likeness (QED) is 0.445. The molecule has 1 aliphatic heterocycles. The van der Waals surface area contributed by atoms with Gasteiger partial charge in [0.05, 0.1) is 16.0 Å². The fourth-order valence-electron chi connectivity index (χ4n) is 3.56. The summed E-state index contributed by atoms with van der Waals surface area (Å²) in [5.74, 6) is -0.495. The van der Waals surface area contributed by atoms with Crippen molar-refractivity contribution >= 4 is 51.3 Å². The predicted octanol–water partition coefficient (Wildman–Crippen LogP) is 4.88. The zero-order valence-corrected chi connectivity index (χ0v) is 18.4. The fraction of sp³-hybridized carbons (Fsp3) is 0.190. The first-order valence-electron chi connectivity index (χ1n) is 9.23. The molecular weight excluding hydrogens is 440 g/mol. The van der Waals surface area contributed by atoms with E-state index in [-0.39, 0.29) is 22.2 Å². The number of carbonyl (C=O) groups excluding carboxylic acids is 2. The summed E-state index contributed by atoms with van der Waals surface area (Å²) in [6, 6.07) is 9.57. The van der Waals surface area contributed by atoms with E-state index in [9.17, 15) is 19.7 Å². The average molecular weight is 457 g/mol. The molecular formula is C21H17ClN4O4S. The van der Waals surface area contributed by atoms with Gasteiger partial charge in [-0.25, -0.2) is 4.98 Å². The second-order valence-electron chi connectivity index (χ2n) is 7.64. The third kappa shape index (κ3) is 3.55. The second-order valence-corrected chi connectivity index (χ2v) is 8.90. The Hall–Kier alpha value is -3.30. The molecule has 0 bridgehead atoms. The minimum Gasteiger partial charge on any atom is -0.314 e. The summed E-state index contributed by atoms with van der Waals surface area (Å²) in [5, 5.41) is 15.8. The van der Waals surface area contributed by atoms with E-state index >= 15 is 0 Å². The van der Waals surface area contributed by atoms with Crippen LogP contribution < -0.4 is 10.2 Å². The number of nitrogens with zero attached hydrogens (tertiary/aromatic N) is 3. The standard InChI is InChI=1S/C21H17ClN4O4S/c1-21(2)13-8-11(5-7-16(13)25(3)19(21)28)15-10-31-20(23-15)24-18(27)12-4-6-14(22)17(9-12)26(29)30/h4-10H,1-3H3,(H,23,24,27). The van der Waals surface area contributed by atoms with Gasteiger partial charge in [-0.3, -0.25) is 25.0 Å². The highest BCUT2D eigenvalue weighted by Gasteiger charge is 2.42. The normalized spacial score (nSPS) is 14.5. The van der Waals surface area contributed by atoms with E-state index in [0.717, 1.165) is 22.9 Å². The molecule has 4 rings (SSSR count). The number of anilines is 2. The van der Waals surface area contributed by atoms with Crippen molar-refractivity contribution in [2.75, 3.05) is 17.3 Å². The third-order valence-corrected chi connectivity index (χ3v) is 6.37. The van der Waals surface area contributed by atoms with Gasteiger partial charge in [0.25, 0.3) is 11.6 Å². The first-order chi connectivity index (χ1) is 14.6. The number of likely N-dealkylation sites (N-methyl/N-ethyl adjacent to an activating group) is 1. The van der Waals surface area contributed by atoms with Crippen LogP contribution in [-0.4, -0.2) is 28.8 Å². The van der Waals surface area contributed by atoms with Gasteiger partial charge >= 0.3 is 0 Å². The molecule has 2 heterocycles. The number of fused-ring (bicyclic) bond motifs is 1. The molecule has 31 heavy (non-hydrogen) atoms. The number of nitro groups is 1. The van der Waals surface area contributed by atoms with Crippen LogP contribution in [0.15, 0.2) is 41.8 Å². The molecule has 0 atom stereocenters. The summed E-state index contributed by atoms with van der Waals surface area (Å²) < 4.78 is 0. The molecule has 1 aliphatic rings. The highest BCUT2D eigenvalue weighted by Crippen LogP contribution is 2.42. The van der Waals surface area contributed by atoms with Gasteiger partial charge in [0.2, 0.25) is 5.91 Å². The van der Waals surface area contributed by atoms with Crippen LogP contribution >= 0.6 is 22.9 Å². The Balaban J connectivity index is 1.58. The minimum atomic E-state index is -0.641. The van der Waals surface area contributed by atoms with Gasteiger partial charge in [0.15, 0.2) is 5.13 Å². The van der Waals surface area contributed by atoms with Gasteiger partial charge < -0.3 is 4.90 Å². The number of hydrogen-bond acceptors (Lipinski definition) is 6. The molecule has 0 saturated heterocycles. The third-order valence-electron chi connectivity index (χ3n) is 5.30. The maximum Gasteiger partial charge on any atom is 0.288 e. The molecule has 2 aromatic carbocycles. The lowest BCUT2D eigenvalue weighted by Crippen LogP contribution is -2.33. The molecule has 0 saturated carbocycles. The summed E-state index contributed by atoms with van der Waals surface area (Å²) in [7, 11) is 1.76. The number of halogens is 1. The van der Waals surface area contributed by atoms with Crippen molar-refractivity contribution in [1.82, 2.24) is 4.98 Å². The largest absolute Gasteiger partial charge is 0.314 e. The molecule has 0 radical (unpaired) electrons. The number of amides is 2. The van der Waals surface area contributed by atoms with Crippen LogP contribution in [0.1, 0.15) is 29.8 Å². The first kappa shape index (κ1) is 21.0. The molecule has 0 aliphatic carbocycles. The van der Waals surface area contributed by atoms with Crippen molar-refractivity contribution in [3.63, 3.8) is 0 Å². The molecule has 8 nitrogen and oxygen atoms in total. The Labute approximate surface area is 186 Å². The fourth-order valence-corrected chi connectivity index (χ4v) is 4.46. The summed E-state index contributed by atoms with van der Waals surface area (Å²) >= 11 is 7.03. The number of nitrogens with one attached hydrogen (secondary N) is 1. The van der Waals surface area contributed by atoms with E-state index in [1.807, 2.05) is 32.0 Å². The predicted molar refractivity (Wildman–Crippen MR) is 120 cm³/mol. The van der Waals surface area contributed by atoms with E-state index in [0.29, 0.717) is 10.8 Å². The first-order valence-corrected chi connectivity index (χ1v) is 10.5. The number of aromatic nitrogens is 1. The molecule has 0 unspecified atom stereocenters. The Kier molecular flexibility index (Phi) is 5.03. The van der Waals surface area contributed by atoms with E-state index in [4.69, 9.17) is 11.6 Å². The summed E-state index contributed by atoms with van der Waals surface area (Å²) in [4.78, 5) is 41.5. The maximum atomic E-state index is 12.5. The second kappa shape index (κ2) is 7.44. The summed E-state index contributed by atoms with van der Waals surface area (Å²) in [5.41, 5.74) is 2.41. The monoisotopic (exact) mass is 456 g/mol. The number of thiazole rings is 1. The maximum absolute atomic E-state index is 12.5. The number of carbonyl (C=O) groups is 2. The van der Waals surface area contributed by atoms with Crippen molar-refractivity contribution in [2.24, 2.45) is 0 Å². The molecule has 3 aromatic rings. The van der Waals surface area contributed by atoms with Crippen LogP contribution in [0.4, 0.5) is 16.5 Å². The lowest BCUT2D eigenvalue weighted by molar-refractivity contribution is -0.384. The lowest BCUT2D eigenvalue weighted by Gasteiger charge is -2.16. The Morgan fingerprint density at radius 3 is 2.71 bits per heavy atom. The van der Waals surface area contributed by atoms with Crippen LogP contribution in [0.25, 0.3) is 11.3 Å². The lowest BCUT2D eigenvalue weighted by atomic mass is 9.85. The van der Waals surface area contributed by atoms with Crippen LogP contribution in [0.3, 0.4) is 0 Å². The Morgan fingerprint density at radius 2 is 2.00 bits per heavy atom. The highest BCUT2D eigenvalue weighted by atomic mass is 35.5. The summed E-state index contributed by atoms with van der Waals surface area (Å²) in [6.45, 7) is 3.78. The Morgan fingerprint density at radius 1 is 1.26 bits per heavy atom. The van der Waals surface area contributed by atoms with Crippen molar-refractivity contribution in [3.8, 4) is 11.3 Å². The van der Waals surface area contributed by atoms with Gasteiger partial charge in [-0.15, -0.1) is 11.3 Å². The number of benzene rings is 2. The van der Waals surface area contributed by atoms with Gasteiger partial charge in [0, 0.05) is 35.3 Å². The van der Waals surface area contributed by atoms with Crippen molar-refractivity contribution in [2.45, 2.75) is 19.3 Å². The van der Waals surface area contributed by atoms with Crippen LogP contribution in [0.2, 0.25) is 5.02 Å². The van der Waals surface area contributed by atoms with Crippen molar-refractivity contribution in [3.05, 3.63) is 68.0 Å². The number of rotatable bonds is 4. The van der Waals surface area contributed by atoms with Gasteiger partial charge in [0.1, 0.15) is 5.02 Å². The minimum absolute atomic E-state index is 0.0305. The molecule has 0 spiro atoms. The van der Waals surface area contributed by atoms with E-state index in [1.54, 1.807) is 17.3 Å². The van der Waals surface area contributed by atoms with E-state index < -0.39 is 16.2 Å². The average Bonchev–Trinajstić information content (AvgIpc) is 3.26. The van der Waals surface area contributed by atoms with Crippen molar-refractivity contribution < 1.29 is 14.5 Å². The SMILES string of the molecule is CN1C(=O)C(C)(C)c2cc(-c3csc(NC(=O)c4ccc(Cl)c([N+](=O)[O-])c4)n3)ccc21. The zero-order chi connectivity index (χ0) is 22.5. The van der Waals surface area contributed by atoms with Gasteiger partial charge in [-0.05, 0) is 43.7 Å². The topological polar surface area (TPSA) is 105 Å². The smallest absolute Gasteiger partial charge is 0.288 e. The van der Waals surface area contributed by atoms with Crippen LogP contribution in [0.5, 0.6) is 0 Å². The molecule has 158 valence electrons. The van der Waals surface area contributed by atoms with Crippen molar-refractivity contribution in [1.29, 1.82) is 0 Å².